The molecule has 3 N–H and O–H groups in total. The topological polar surface area (TPSA) is 38.0 Å². The zero-order valence-electron chi connectivity index (χ0n) is 9.29. The van der Waals surface area contributed by atoms with Gasteiger partial charge in [0.25, 0.3) is 0 Å². The van der Waals surface area contributed by atoms with Gasteiger partial charge in [0.1, 0.15) is 5.82 Å². The van der Waals surface area contributed by atoms with Crippen molar-refractivity contribution in [3.05, 3.63) is 54.8 Å². The molecular formula is C12H11Br2FN2S. The summed E-state index contributed by atoms with van der Waals surface area (Å²) in [6, 6.07) is 6.68. The van der Waals surface area contributed by atoms with Gasteiger partial charge in [0, 0.05) is 31.2 Å². The Morgan fingerprint density at radius 3 is 2.72 bits per heavy atom. The lowest BCUT2D eigenvalue weighted by Crippen LogP contribution is -2.30. The molecule has 0 amide bonds. The lowest BCUT2D eigenvalue weighted by molar-refractivity contribution is 0.510. The van der Waals surface area contributed by atoms with Gasteiger partial charge in [-0.25, -0.2) is 4.39 Å². The minimum atomic E-state index is -0.261. The molecule has 0 saturated heterocycles. The van der Waals surface area contributed by atoms with E-state index in [1.165, 1.54) is 6.07 Å². The monoisotopic (exact) mass is 392 g/mol. The summed E-state index contributed by atoms with van der Waals surface area (Å²) < 4.78 is 15.6. The molecule has 0 aliphatic carbocycles. The van der Waals surface area contributed by atoms with E-state index >= 15 is 0 Å². The minimum Gasteiger partial charge on any atom is -0.271 e. The lowest BCUT2D eigenvalue weighted by atomic mass is 10.0. The van der Waals surface area contributed by atoms with Gasteiger partial charge < -0.3 is 0 Å². The quantitative estimate of drug-likeness (QED) is 0.604. The van der Waals surface area contributed by atoms with Gasteiger partial charge in [0.15, 0.2) is 0 Å². The molecular weight excluding hydrogens is 383 g/mol. The largest absolute Gasteiger partial charge is 0.271 e. The van der Waals surface area contributed by atoms with Gasteiger partial charge in [-0.15, -0.1) is 11.3 Å². The standard InChI is InChI=1S/C12H11Br2FN2S/c13-7-4-8(18-6-7)5-11(17-16)12-9(14)2-1-3-10(12)15/h1-4,6,11,17H,5,16H2. The van der Waals surface area contributed by atoms with Crippen LogP contribution in [0.25, 0.3) is 0 Å². The summed E-state index contributed by atoms with van der Waals surface area (Å²) in [6.45, 7) is 0. The van der Waals surface area contributed by atoms with E-state index < -0.39 is 0 Å². The summed E-state index contributed by atoms with van der Waals surface area (Å²) in [6.07, 6.45) is 0.645. The highest BCUT2D eigenvalue weighted by Gasteiger charge is 2.18. The third-order valence-corrected chi connectivity index (χ3v) is 4.99. The summed E-state index contributed by atoms with van der Waals surface area (Å²) >= 11 is 8.39. The molecule has 0 radical (unpaired) electrons. The maximum atomic E-state index is 13.9. The molecule has 1 heterocycles. The predicted octanol–water partition coefficient (Wildman–Crippen LogP) is 4.16. The van der Waals surface area contributed by atoms with Crippen molar-refractivity contribution in [2.24, 2.45) is 5.84 Å². The fourth-order valence-electron chi connectivity index (χ4n) is 1.75. The van der Waals surface area contributed by atoms with Crippen LogP contribution in [0, 0.1) is 5.82 Å². The Balaban J connectivity index is 2.28. The van der Waals surface area contributed by atoms with E-state index in [4.69, 9.17) is 5.84 Å². The first-order chi connectivity index (χ1) is 8.61. The van der Waals surface area contributed by atoms with Crippen LogP contribution in [0.3, 0.4) is 0 Å². The van der Waals surface area contributed by atoms with Crippen LogP contribution in [-0.4, -0.2) is 0 Å². The van der Waals surface area contributed by atoms with Crippen LogP contribution in [0.5, 0.6) is 0 Å². The Morgan fingerprint density at radius 2 is 2.17 bits per heavy atom. The van der Waals surface area contributed by atoms with Crippen molar-refractivity contribution in [3.63, 3.8) is 0 Å². The molecule has 2 rings (SSSR count). The number of nitrogens with two attached hydrogens (primary N) is 1. The highest BCUT2D eigenvalue weighted by atomic mass is 79.9. The maximum absolute atomic E-state index is 13.9. The molecule has 0 bridgehead atoms. The average Bonchev–Trinajstić information content (AvgIpc) is 2.73. The Morgan fingerprint density at radius 1 is 1.39 bits per heavy atom. The van der Waals surface area contributed by atoms with E-state index in [2.05, 4.69) is 37.3 Å². The average molecular weight is 394 g/mol. The van der Waals surface area contributed by atoms with Gasteiger partial charge in [-0.1, -0.05) is 22.0 Å². The number of nitrogens with one attached hydrogen (secondary N) is 1. The molecule has 18 heavy (non-hydrogen) atoms. The molecule has 0 spiro atoms. The second kappa shape index (κ2) is 6.25. The fourth-order valence-corrected chi connectivity index (χ4v) is 3.87. The third-order valence-electron chi connectivity index (χ3n) is 2.58. The first kappa shape index (κ1) is 14.1. The Labute approximate surface area is 126 Å². The number of hydrogen-bond donors (Lipinski definition) is 2. The van der Waals surface area contributed by atoms with E-state index in [1.807, 2.05) is 17.5 Å². The van der Waals surface area contributed by atoms with Crippen molar-refractivity contribution in [1.82, 2.24) is 5.43 Å². The Hall–Kier alpha value is -0.270. The van der Waals surface area contributed by atoms with E-state index in [9.17, 15) is 4.39 Å². The maximum Gasteiger partial charge on any atom is 0.129 e. The predicted molar refractivity (Wildman–Crippen MR) is 79.9 cm³/mol. The molecule has 1 aromatic heterocycles. The summed E-state index contributed by atoms with van der Waals surface area (Å²) in [5.41, 5.74) is 3.24. The molecule has 6 heteroatoms. The normalized spacial score (nSPS) is 12.7. The first-order valence-corrected chi connectivity index (χ1v) is 7.71. The molecule has 0 fully saturated rings. The van der Waals surface area contributed by atoms with Crippen LogP contribution in [0.1, 0.15) is 16.5 Å². The third kappa shape index (κ3) is 3.19. The van der Waals surface area contributed by atoms with Gasteiger partial charge in [-0.05, 0) is 34.1 Å². The summed E-state index contributed by atoms with van der Waals surface area (Å²) in [5, 5.41) is 2.00. The van der Waals surface area contributed by atoms with Crippen LogP contribution in [0.2, 0.25) is 0 Å². The van der Waals surface area contributed by atoms with Crippen LogP contribution in [0.15, 0.2) is 38.6 Å². The number of hydrazine groups is 1. The SMILES string of the molecule is NNC(Cc1cc(Br)cs1)c1c(F)cccc1Br. The smallest absolute Gasteiger partial charge is 0.129 e. The van der Waals surface area contributed by atoms with Gasteiger partial charge in [-0.3, -0.25) is 11.3 Å². The van der Waals surface area contributed by atoms with Crippen LogP contribution in [-0.2, 0) is 6.42 Å². The van der Waals surface area contributed by atoms with E-state index in [0.29, 0.717) is 12.0 Å². The molecule has 1 atom stereocenters. The second-order valence-corrected chi connectivity index (χ2v) is 6.56. The van der Waals surface area contributed by atoms with E-state index in [-0.39, 0.29) is 11.9 Å². The van der Waals surface area contributed by atoms with Crippen LogP contribution in [0.4, 0.5) is 4.39 Å². The highest BCUT2D eigenvalue weighted by molar-refractivity contribution is 9.10. The van der Waals surface area contributed by atoms with Crippen molar-refractivity contribution in [2.45, 2.75) is 12.5 Å². The molecule has 0 aliphatic rings. The van der Waals surface area contributed by atoms with E-state index in [0.717, 1.165) is 13.8 Å². The molecule has 2 aromatic rings. The molecule has 2 nitrogen and oxygen atoms in total. The zero-order valence-corrected chi connectivity index (χ0v) is 13.3. The summed E-state index contributed by atoms with van der Waals surface area (Å²) in [5.74, 6) is 5.29. The Kier molecular flexibility index (Phi) is 4.91. The first-order valence-electron chi connectivity index (χ1n) is 5.24. The Bertz CT molecular complexity index is 524. The highest BCUT2D eigenvalue weighted by Crippen LogP contribution is 2.30. The number of benzene rings is 1. The molecule has 0 aliphatic heterocycles. The minimum absolute atomic E-state index is 0.258. The number of rotatable bonds is 4. The number of halogens is 3. The second-order valence-electron chi connectivity index (χ2n) is 3.79. The zero-order chi connectivity index (χ0) is 13.1. The lowest BCUT2D eigenvalue weighted by Gasteiger charge is -2.17. The molecule has 96 valence electrons. The summed E-state index contributed by atoms with van der Waals surface area (Å²) in [7, 11) is 0. The van der Waals surface area contributed by atoms with Gasteiger partial charge in [0.2, 0.25) is 0 Å². The van der Waals surface area contributed by atoms with Crippen molar-refractivity contribution >= 4 is 43.2 Å². The fraction of sp³-hybridized carbons (Fsp3) is 0.167. The van der Waals surface area contributed by atoms with Crippen molar-refractivity contribution in [2.75, 3.05) is 0 Å². The van der Waals surface area contributed by atoms with Gasteiger partial charge in [-0.2, -0.15) is 0 Å². The van der Waals surface area contributed by atoms with Crippen LogP contribution >= 0.6 is 43.2 Å². The van der Waals surface area contributed by atoms with Crippen molar-refractivity contribution in [3.8, 4) is 0 Å². The number of hydrogen-bond acceptors (Lipinski definition) is 3. The summed E-state index contributed by atoms with van der Waals surface area (Å²) in [4.78, 5) is 1.14. The van der Waals surface area contributed by atoms with Crippen molar-refractivity contribution < 1.29 is 4.39 Å². The van der Waals surface area contributed by atoms with Crippen LogP contribution < -0.4 is 11.3 Å². The van der Waals surface area contributed by atoms with Gasteiger partial charge >= 0.3 is 0 Å². The number of thiophene rings is 1. The molecule has 1 aromatic carbocycles. The molecule has 1 unspecified atom stereocenters. The van der Waals surface area contributed by atoms with E-state index in [1.54, 1.807) is 17.4 Å². The molecule has 0 saturated carbocycles. The van der Waals surface area contributed by atoms with Crippen molar-refractivity contribution in [1.29, 1.82) is 0 Å². The van der Waals surface area contributed by atoms with Gasteiger partial charge in [0.05, 0.1) is 6.04 Å².